The van der Waals surface area contributed by atoms with Crippen molar-refractivity contribution in [2.45, 2.75) is 44.9 Å². The molecule has 1 N–H and O–H groups in total. The zero-order valence-electron chi connectivity index (χ0n) is 21.4. The fraction of sp³-hybridized carbons (Fsp3) is 0.500. The SMILES string of the molecule is Cc1ccccc1N1CCN(c2cc(C3CC3)c(C(=O)NCCCN3CCCC3=O)cc2[N+](=O)[O-])CC1. The number of carbonyl (C=O) groups is 2. The molecule has 0 aromatic heterocycles. The highest BCUT2D eigenvalue weighted by molar-refractivity contribution is 5.98. The molecule has 5 rings (SSSR count). The Morgan fingerprint density at radius 3 is 2.38 bits per heavy atom. The first-order valence-electron chi connectivity index (χ1n) is 13.4. The van der Waals surface area contributed by atoms with Gasteiger partial charge in [0.2, 0.25) is 5.91 Å². The van der Waals surface area contributed by atoms with E-state index in [9.17, 15) is 19.7 Å². The molecule has 1 saturated carbocycles. The Hall–Kier alpha value is -3.62. The minimum absolute atomic E-state index is 0.0124. The first-order chi connectivity index (χ1) is 17.9. The predicted octanol–water partition coefficient (Wildman–Crippen LogP) is 3.85. The summed E-state index contributed by atoms with van der Waals surface area (Å²) in [5, 5.41) is 15.0. The van der Waals surface area contributed by atoms with Crippen LogP contribution in [0.3, 0.4) is 0 Å². The molecular formula is C28H35N5O4. The van der Waals surface area contributed by atoms with Gasteiger partial charge in [0.1, 0.15) is 5.69 Å². The van der Waals surface area contributed by atoms with Crippen LogP contribution in [0.15, 0.2) is 36.4 Å². The summed E-state index contributed by atoms with van der Waals surface area (Å²) in [7, 11) is 0. The number of para-hydroxylation sites is 1. The van der Waals surface area contributed by atoms with Crippen molar-refractivity contribution in [1.29, 1.82) is 0 Å². The number of hydrogen-bond acceptors (Lipinski definition) is 6. The molecule has 1 aliphatic carbocycles. The van der Waals surface area contributed by atoms with Gasteiger partial charge in [0.05, 0.1) is 4.92 Å². The van der Waals surface area contributed by atoms with E-state index in [1.165, 1.54) is 17.3 Å². The zero-order chi connectivity index (χ0) is 25.9. The van der Waals surface area contributed by atoms with E-state index in [1.807, 2.05) is 23.1 Å². The quantitative estimate of drug-likeness (QED) is 0.316. The van der Waals surface area contributed by atoms with Gasteiger partial charge in [-0.15, -0.1) is 0 Å². The molecule has 0 spiro atoms. The van der Waals surface area contributed by atoms with Crippen molar-refractivity contribution in [3.8, 4) is 0 Å². The van der Waals surface area contributed by atoms with Gasteiger partial charge in [0, 0.05) is 69.6 Å². The predicted molar refractivity (Wildman–Crippen MR) is 143 cm³/mol. The van der Waals surface area contributed by atoms with Gasteiger partial charge in [-0.3, -0.25) is 19.7 Å². The first-order valence-corrected chi connectivity index (χ1v) is 13.4. The number of anilines is 2. The van der Waals surface area contributed by atoms with Gasteiger partial charge in [-0.1, -0.05) is 18.2 Å². The van der Waals surface area contributed by atoms with Gasteiger partial charge in [-0.25, -0.2) is 0 Å². The van der Waals surface area contributed by atoms with Gasteiger partial charge in [0.15, 0.2) is 0 Å². The summed E-state index contributed by atoms with van der Waals surface area (Å²) in [4.78, 5) is 42.9. The molecule has 2 amide bonds. The van der Waals surface area contributed by atoms with Crippen LogP contribution in [-0.2, 0) is 4.79 Å². The number of nitro groups is 1. The molecule has 0 bridgehead atoms. The number of aryl methyl sites for hydroxylation is 1. The molecule has 2 aromatic rings. The number of hydrogen-bond donors (Lipinski definition) is 1. The standard InChI is InChI=1S/C28H35N5O4/c1-20-6-2-3-7-24(20)30-14-16-31(17-15-30)25-18-22(21-9-10-21)23(19-26(25)33(36)37)28(35)29-11-5-13-32-12-4-8-27(32)34/h2-3,6-7,18-19,21H,4-5,8-17H2,1H3,(H,29,35). The first kappa shape index (κ1) is 25.0. The van der Waals surface area contributed by atoms with Crippen LogP contribution in [-0.4, -0.2) is 67.5 Å². The molecule has 9 nitrogen and oxygen atoms in total. The third-order valence-electron chi connectivity index (χ3n) is 7.74. The van der Waals surface area contributed by atoms with E-state index in [0.717, 1.165) is 44.5 Å². The molecule has 2 saturated heterocycles. The highest BCUT2D eigenvalue weighted by Crippen LogP contribution is 2.45. The molecule has 37 heavy (non-hydrogen) atoms. The lowest BCUT2D eigenvalue weighted by Crippen LogP contribution is -2.47. The lowest BCUT2D eigenvalue weighted by Gasteiger charge is -2.38. The zero-order valence-corrected chi connectivity index (χ0v) is 21.4. The molecule has 3 fully saturated rings. The van der Waals surface area contributed by atoms with Gasteiger partial charge < -0.3 is 20.0 Å². The summed E-state index contributed by atoms with van der Waals surface area (Å²) in [5.41, 5.74) is 4.35. The normalized spacial score (nSPS) is 17.9. The van der Waals surface area contributed by atoms with Crippen LogP contribution in [0, 0.1) is 17.0 Å². The molecule has 2 aromatic carbocycles. The highest BCUT2D eigenvalue weighted by Gasteiger charge is 2.33. The largest absolute Gasteiger partial charge is 0.368 e. The summed E-state index contributed by atoms with van der Waals surface area (Å²) in [6, 6.07) is 11.7. The Morgan fingerprint density at radius 1 is 1.05 bits per heavy atom. The van der Waals surface area contributed by atoms with Crippen LogP contribution >= 0.6 is 0 Å². The summed E-state index contributed by atoms with van der Waals surface area (Å²) in [6.07, 6.45) is 4.16. The number of likely N-dealkylation sites (tertiary alicyclic amines) is 1. The number of carbonyl (C=O) groups excluding carboxylic acids is 2. The van der Waals surface area contributed by atoms with Crippen LogP contribution in [0.5, 0.6) is 0 Å². The number of nitrogens with one attached hydrogen (secondary N) is 1. The minimum atomic E-state index is -0.366. The van der Waals surface area contributed by atoms with E-state index in [1.54, 1.807) is 0 Å². The average Bonchev–Trinajstić information content (AvgIpc) is 3.67. The van der Waals surface area contributed by atoms with Crippen LogP contribution < -0.4 is 15.1 Å². The van der Waals surface area contributed by atoms with Crippen molar-refractivity contribution in [3.63, 3.8) is 0 Å². The third kappa shape index (κ3) is 5.55. The van der Waals surface area contributed by atoms with Gasteiger partial charge in [0.25, 0.3) is 11.6 Å². The van der Waals surface area contributed by atoms with Gasteiger partial charge in [-0.05, 0) is 61.8 Å². The number of nitro benzene ring substituents is 1. The van der Waals surface area contributed by atoms with E-state index in [0.29, 0.717) is 50.3 Å². The molecule has 0 atom stereocenters. The van der Waals surface area contributed by atoms with Crippen molar-refractivity contribution >= 4 is 28.9 Å². The molecule has 3 aliphatic rings. The summed E-state index contributed by atoms with van der Waals surface area (Å²) in [6.45, 7) is 6.87. The van der Waals surface area contributed by atoms with Crippen LogP contribution in [0.25, 0.3) is 0 Å². The summed E-state index contributed by atoms with van der Waals surface area (Å²) >= 11 is 0. The summed E-state index contributed by atoms with van der Waals surface area (Å²) < 4.78 is 0. The number of rotatable bonds is 9. The van der Waals surface area contributed by atoms with Crippen LogP contribution in [0.4, 0.5) is 17.1 Å². The topological polar surface area (TPSA) is 99.0 Å². The van der Waals surface area contributed by atoms with E-state index in [-0.39, 0.29) is 28.3 Å². The Kier molecular flexibility index (Phi) is 7.30. The van der Waals surface area contributed by atoms with E-state index >= 15 is 0 Å². The Morgan fingerprint density at radius 2 is 1.76 bits per heavy atom. The van der Waals surface area contributed by atoms with Crippen molar-refractivity contribution in [2.24, 2.45) is 0 Å². The molecule has 196 valence electrons. The lowest BCUT2D eigenvalue weighted by atomic mass is 9.99. The highest BCUT2D eigenvalue weighted by atomic mass is 16.6. The second-order valence-corrected chi connectivity index (χ2v) is 10.3. The smallest absolute Gasteiger partial charge is 0.293 e. The lowest BCUT2D eigenvalue weighted by molar-refractivity contribution is -0.384. The Bertz CT molecular complexity index is 1190. The minimum Gasteiger partial charge on any atom is -0.368 e. The van der Waals surface area contributed by atoms with Crippen molar-refractivity contribution in [3.05, 3.63) is 63.2 Å². The maximum absolute atomic E-state index is 13.1. The van der Waals surface area contributed by atoms with Crippen molar-refractivity contribution < 1.29 is 14.5 Å². The molecule has 2 aliphatic heterocycles. The molecule has 0 radical (unpaired) electrons. The maximum atomic E-state index is 13.1. The van der Waals surface area contributed by atoms with Gasteiger partial charge >= 0.3 is 0 Å². The van der Waals surface area contributed by atoms with E-state index in [4.69, 9.17) is 0 Å². The Labute approximate surface area is 217 Å². The number of amides is 2. The van der Waals surface area contributed by atoms with E-state index < -0.39 is 0 Å². The maximum Gasteiger partial charge on any atom is 0.293 e. The van der Waals surface area contributed by atoms with Gasteiger partial charge in [-0.2, -0.15) is 0 Å². The molecule has 2 heterocycles. The fourth-order valence-corrected chi connectivity index (χ4v) is 5.54. The average molecular weight is 506 g/mol. The number of piperazine rings is 1. The third-order valence-corrected chi connectivity index (χ3v) is 7.74. The van der Waals surface area contributed by atoms with Crippen molar-refractivity contribution in [2.75, 3.05) is 55.6 Å². The Balaban J connectivity index is 1.29. The second kappa shape index (κ2) is 10.8. The summed E-state index contributed by atoms with van der Waals surface area (Å²) in [5.74, 6) is 0.178. The van der Waals surface area contributed by atoms with Crippen LogP contribution in [0.2, 0.25) is 0 Å². The van der Waals surface area contributed by atoms with E-state index in [2.05, 4.69) is 34.2 Å². The second-order valence-electron chi connectivity index (χ2n) is 10.3. The molecule has 0 unspecified atom stereocenters. The monoisotopic (exact) mass is 505 g/mol. The van der Waals surface area contributed by atoms with Crippen LogP contribution in [0.1, 0.15) is 59.5 Å². The molecular weight excluding hydrogens is 470 g/mol. The number of nitrogens with zero attached hydrogens (tertiary/aromatic N) is 4. The van der Waals surface area contributed by atoms with Crippen molar-refractivity contribution in [1.82, 2.24) is 10.2 Å². The number of benzene rings is 2. The fourth-order valence-electron chi connectivity index (χ4n) is 5.54. The molecule has 9 heteroatoms.